The predicted octanol–water partition coefficient (Wildman–Crippen LogP) is 19.2. The first-order valence-corrected chi connectivity index (χ1v) is 26.0. The maximum Gasteiger partial charge on any atom is 0.0721 e. The first kappa shape index (κ1) is 47.3. The molecule has 73 heavy (non-hydrogen) atoms. The summed E-state index contributed by atoms with van der Waals surface area (Å²) in [5.41, 5.74) is 20.6. The van der Waals surface area contributed by atoms with Crippen molar-refractivity contribution in [1.29, 1.82) is 0 Å². The number of nitrogens with zero attached hydrogens (tertiary/aromatic N) is 4. The summed E-state index contributed by atoms with van der Waals surface area (Å²) in [4.78, 5) is 2.44. The molecule has 6 bridgehead atoms. The van der Waals surface area contributed by atoms with E-state index in [4.69, 9.17) is 0 Å². The molecule has 362 valence electrons. The highest BCUT2D eigenvalue weighted by atomic mass is 15.1. The fraction of sp³-hybridized carbons (Fsp3) is 0.188. The third kappa shape index (κ3) is 9.12. The molecule has 11 rings (SSSR count). The normalized spacial score (nSPS) is 12.2. The smallest absolute Gasteiger partial charge is 0.0721 e. The van der Waals surface area contributed by atoms with Gasteiger partial charge in [-0.3, -0.25) is 0 Å². The number of benzene rings is 9. The molecule has 0 radical (unpaired) electrons. The molecule has 0 unspecified atom stereocenters. The Balaban J connectivity index is 1.28. The maximum atomic E-state index is 2.46. The van der Waals surface area contributed by atoms with Gasteiger partial charge in [0.15, 0.2) is 0 Å². The van der Waals surface area contributed by atoms with Gasteiger partial charge >= 0.3 is 0 Å². The molecule has 0 aliphatic carbocycles. The highest BCUT2D eigenvalue weighted by Crippen LogP contribution is 2.41. The van der Waals surface area contributed by atoms with Crippen LogP contribution in [0, 0.1) is 0 Å². The Morgan fingerprint density at radius 2 is 0.822 bits per heavy atom. The van der Waals surface area contributed by atoms with Gasteiger partial charge in [-0.25, -0.2) is 0 Å². The number of hydrogen-bond acceptors (Lipinski definition) is 1. The van der Waals surface area contributed by atoms with E-state index < -0.39 is 0 Å². The minimum atomic E-state index is 0.0112. The topological polar surface area (TPSA) is 17.5 Å². The van der Waals surface area contributed by atoms with E-state index in [2.05, 4.69) is 305 Å². The summed E-state index contributed by atoms with van der Waals surface area (Å²) in [7, 11) is 0. The van der Waals surface area contributed by atoms with Crippen LogP contribution >= 0.6 is 0 Å². The van der Waals surface area contributed by atoms with E-state index in [1.807, 2.05) is 0 Å². The monoisotopic (exact) mass is 951 g/mol. The van der Waals surface area contributed by atoms with Crippen LogP contribution in [0.2, 0.25) is 0 Å². The van der Waals surface area contributed by atoms with Crippen LogP contribution in [-0.2, 0) is 16.2 Å². The molecule has 0 spiro atoms. The molecule has 4 nitrogen and oxygen atoms in total. The second-order valence-corrected chi connectivity index (χ2v) is 22.5. The van der Waals surface area contributed by atoms with E-state index in [0.29, 0.717) is 0 Å². The summed E-state index contributed by atoms with van der Waals surface area (Å²) in [6.45, 7) is 20.7. The van der Waals surface area contributed by atoms with Gasteiger partial charge in [0.25, 0.3) is 0 Å². The largest absolute Gasteiger partial charge is 0.314 e. The standard InChI is InChI=1S/C69H66N4/c1-10-69(8,9)54-31-39-57(40-32-54)71(56-35-27-52(28-36-56)67(2,3)4)62-44-61-45-63(46-62)72(55-33-24-50(25-34-55)48-18-13-11-14-19-48)59-22-17-23-60(43-59)73(58-37-29-53(30-38-58)68(5,6)7)66-47-70(61)65-41-26-51(42-64(65)66)49-20-15-12-16-21-49/h11-47H,10H2,1-9H3. The van der Waals surface area contributed by atoms with Crippen LogP contribution in [0.25, 0.3) is 72.1 Å². The van der Waals surface area contributed by atoms with Crippen molar-refractivity contribution >= 4 is 55.5 Å². The summed E-state index contributed by atoms with van der Waals surface area (Å²) in [6, 6.07) is 81.3. The quantitative estimate of drug-likeness (QED) is 0.141. The van der Waals surface area contributed by atoms with Crippen LogP contribution in [0.4, 0.5) is 17.1 Å². The summed E-state index contributed by atoms with van der Waals surface area (Å²) in [5.74, 6) is 0. The Kier molecular flexibility index (Phi) is 12.0. The molecule has 0 N–H and O–H groups in total. The Morgan fingerprint density at radius 3 is 1.40 bits per heavy atom. The van der Waals surface area contributed by atoms with Gasteiger partial charge in [-0.1, -0.05) is 184 Å². The van der Waals surface area contributed by atoms with E-state index in [0.717, 1.165) is 73.3 Å². The molecule has 4 heteroatoms. The van der Waals surface area contributed by atoms with Gasteiger partial charge in [-0.15, -0.1) is 0 Å². The Morgan fingerprint density at radius 1 is 0.356 bits per heavy atom. The van der Waals surface area contributed by atoms with Crippen molar-refractivity contribution in [1.82, 2.24) is 13.5 Å². The first-order valence-electron chi connectivity index (χ1n) is 26.0. The molecule has 0 saturated heterocycles. The van der Waals surface area contributed by atoms with E-state index in [1.165, 1.54) is 38.9 Å². The Labute approximate surface area is 431 Å². The van der Waals surface area contributed by atoms with Gasteiger partial charge in [0.2, 0.25) is 0 Å². The van der Waals surface area contributed by atoms with Crippen molar-refractivity contribution < 1.29 is 0 Å². The van der Waals surface area contributed by atoms with E-state index in [1.54, 1.807) is 0 Å². The van der Waals surface area contributed by atoms with Crippen molar-refractivity contribution in [3.8, 4) is 33.6 Å². The maximum absolute atomic E-state index is 2.46. The average molecular weight is 951 g/mol. The van der Waals surface area contributed by atoms with Crippen molar-refractivity contribution in [2.75, 3.05) is 4.90 Å². The fourth-order valence-electron chi connectivity index (χ4n) is 10.4. The third-order valence-electron chi connectivity index (χ3n) is 15.2. The molecule has 0 fully saturated rings. The molecular formula is C69H66N4. The SMILES string of the molecule is CCC(C)(C)c1ccc(N(c2ccc(C(C)(C)C)cc2)c2cc3cc(c2)n2cc(c4cc(-c5ccccc5)ccc42)n(-c2ccc(C(C)(C)C)cc2)c2cccc(c2)n3-c2ccc(-c3ccccc3)cc2)cc1. The second-order valence-electron chi connectivity index (χ2n) is 22.5. The van der Waals surface area contributed by atoms with Crippen molar-refractivity contribution in [2.24, 2.45) is 0 Å². The molecule has 9 aromatic carbocycles. The number of aromatic nitrogens is 3. The lowest BCUT2D eigenvalue weighted by Gasteiger charge is -2.29. The summed E-state index contributed by atoms with van der Waals surface area (Å²) < 4.78 is 7.31. The minimum absolute atomic E-state index is 0.0112. The highest BCUT2D eigenvalue weighted by molar-refractivity contribution is 6.01. The highest BCUT2D eigenvalue weighted by Gasteiger charge is 2.22. The van der Waals surface area contributed by atoms with Crippen LogP contribution in [0.1, 0.15) is 85.4 Å². The van der Waals surface area contributed by atoms with E-state index >= 15 is 0 Å². The fourth-order valence-corrected chi connectivity index (χ4v) is 10.4. The average Bonchev–Trinajstić information content (AvgIpc) is 3.77. The van der Waals surface area contributed by atoms with Gasteiger partial charge in [0, 0.05) is 50.9 Å². The lowest BCUT2D eigenvalue weighted by atomic mass is 9.82. The van der Waals surface area contributed by atoms with Gasteiger partial charge in [-0.2, -0.15) is 0 Å². The molecule has 0 amide bonds. The van der Waals surface area contributed by atoms with Crippen LogP contribution in [0.15, 0.2) is 225 Å². The molecule has 0 aliphatic rings. The molecule has 11 aromatic rings. The van der Waals surface area contributed by atoms with Crippen molar-refractivity contribution in [2.45, 2.75) is 85.0 Å². The number of fused-ring (bicyclic) bond motifs is 10. The lowest BCUT2D eigenvalue weighted by molar-refractivity contribution is 0.506. The number of anilines is 3. The van der Waals surface area contributed by atoms with Crippen LogP contribution < -0.4 is 4.90 Å². The predicted molar refractivity (Wildman–Crippen MR) is 312 cm³/mol. The van der Waals surface area contributed by atoms with Gasteiger partial charge in [0.05, 0.1) is 22.2 Å². The van der Waals surface area contributed by atoms with Crippen molar-refractivity contribution in [3.63, 3.8) is 0 Å². The van der Waals surface area contributed by atoms with E-state index in [9.17, 15) is 0 Å². The Hall–Kier alpha value is -8.08. The summed E-state index contributed by atoms with van der Waals surface area (Å²) in [5, 5.41) is 1.16. The molecule has 0 aliphatic heterocycles. The second kappa shape index (κ2) is 18.5. The minimum Gasteiger partial charge on any atom is -0.314 e. The van der Waals surface area contributed by atoms with E-state index in [-0.39, 0.29) is 16.2 Å². The molecule has 2 aromatic heterocycles. The van der Waals surface area contributed by atoms with Crippen LogP contribution in [0.3, 0.4) is 0 Å². The van der Waals surface area contributed by atoms with Crippen LogP contribution in [0.5, 0.6) is 0 Å². The van der Waals surface area contributed by atoms with Crippen molar-refractivity contribution in [3.05, 3.63) is 241 Å². The zero-order valence-corrected chi connectivity index (χ0v) is 43.9. The van der Waals surface area contributed by atoms with Crippen LogP contribution in [-0.4, -0.2) is 13.5 Å². The first-order chi connectivity index (χ1) is 35.1. The molecule has 0 saturated carbocycles. The zero-order chi connectivity index (χ0) is 50.6. The third-order valence-corrected chi connectivity index (χ3v) is 15.2. The summed E-state index contributed by atoms with van der Waals surface area (Å²) >= 11 is 0. The molecule has 2 heterocycles. The zero-order valence-electron chi connectivity index (χ0n) is 43.9. The Bertz CT molecular complexity index is 3820. The number of hydrogen-bond donors (Lipinski definition) is 0. The molecular weight excluding hydrogens is 885 g/mol. The number of rotatable bonds is 9. The molecule has 0 atom stereocenters. The lowest BCUT2D eigenvalue weighted by Crippen LogP contribution is -2.16. The van der Waals surface area contributed by atoms with Gasteiger partial charge in [0.1, 0.15) is 0 Å². The van der Waals surface area contributed by atoms with Gasteiger partial charge < -0.3 is 18.4 Å². The summed E-state index contributed by atoms with van der Waals surface area (Å²) in [6.07, 6.45) is 3.42. The van der Waals surface area contributed by atoms with Gasteiger partial charge in [-0.05, 0) is 159 Å².